The molecule has 250 valence electrons. The van der Waals surface area contributed by atoms with Gasteiger partial charge < -0.3 is 20.4 Å². The number of rotatable bonds is 11. The molecule has 0 bridgehead atoms. The van der Waals surface area contributed by atoms with Crippen molar-refractivity contribution in [2.45, 2.75) is 36.8 Å². The van der Waals surface area contributed by atoms with Gasteiger partial charge in [0, 0.05) is 27.4 Å². The molecule has 0 radical (unpaired) electrons. The number of nitrogens with one attached hydrogen (secondary N) is 3. The summed E-state index contributed by atoms with van der Waals surface area (Å²) in [5, 5.41) is 8.24. The highest BCUT2D eigenvalue weighted by molar-refractivity contribution is 8.00. The monoisotopic (exact) mass is 680 g/mol. The Hall–Kier alpha value is -5.93. The van der Waals surface area contributed by atoms with Crippen LogP contribution in [0.25, 0.3) is 28.6 Å². The predicted molar refractivity (Wildman–Crippen MR) is 201 cm³/mol. The predicted octanol–water partition coefficient (Wildman–Crippen LogP) is 9.15. The van der Waals surface area contributed by atoms with Gasteiger partial charge in [0.25, 0.3) is 11.8 Å². The molecule has 0 saturated carbocycles. The molecule has 0 aliphatic rings. The van der Waals surface area contributed by atoms with E-state index < -0.39 is 11.2 Å². The van der Waals surface area contributed by atoms with Crippen LogP contribution < -0.4 is 16.0 Å². The third kappa shape index (κ3) is 8.56. The number of hydrogen-bond donors (Lipinski definition) is 3. The minimum atomic E-state index is -0.461. The lowest BCUT2D eigenvalue weighted by Crippen LogP contribution is -2.30. The number of fused-ring (bicyclic) bond motifs is 1. The summed E-state index contributed by atoms with van der Waals surface area (Å²) in [7, 11) is 0. The lowest BCUT2D eigenvalue weighted by Gasteiger charge is -2.14. The summed E-state index contributed by atoms with van der Waals surface area (Å²) in [6.07, 6.45) is 1.66. The van der Waals surface area contributed by atoms with E-state index in [0.29, 0.717) is 28.7 Å². The molecular weight excluding hydrogens is 645 g/mol. The number of benzene rings is 5. The number of thioether (sulfide) groups is 1. The summed E-state index contributed by atoms with van der Waals surface area (Å²) in [6, 6.07) is 38.8. The summed E-state index contributed by atoms with van der Waals surface area (Å²) in [5.41, 5.74) is 6.06. The van der Waals surface area contributed by atoms with Crippen molar-refractivity contribution in [3.8, 4) is 11.5 Å². The van der Waals surface area contributed by atoms with E-state index in [1.54, 1.807) is 42.5 Å². The normalized spacial score (nSPS) is 12.0. The molecule has 9 heteroatoms. The summed E-state index contributed by atoms with van der Waals surface area (Å²) < 4.78 is 5.84. The summed E-state index contributed by atoms with van der Waals surface area (Å²) in [5.74, 6) is -0.0977. The average Bonchev–Trinajstić information content (AvgIpc) is 3.57. The van der Waals surface area contributed by atoms with Crippen LogP contribution in [0.15, 0.2) is 142 Å². The fourth-order valence-electron chi connectivity index (χ4n) is 5.09. The number of aromatic nitrogens is 1. The van der Waals surface area contributed by atoms with E-state index in [4.69, 9.17) is 4.42 Å². The zero-order valence-corrected chi connectivity index (χ0v) is 28.7. The minimum Gasteiger partial charge on any atom is -0.436 e. The van der Waals surface area contributed by atoms with Gasteiger partial charge >= 0.3 is 0 Å². The topological polar surface area (TPSA) is 113 Å². The molecule has 1 unspecified atom stereocenters. The molecule has 50 heavy (non-hydrogen) atoms. The highest BCUT2D eigenvalue weighted by Gasteiger charge is 2.18. The molecule has 6 aromatic rings. The SMILES string of the molecule is CC(Sc1ccc(NC(=O)/C(=C/c2ccc(C(C)C)cc2)NC(=O)c2ccccc2)cc1)C(=O)Nc1ccc(-c2nc3ccccc3o2)cc1. The Morgan fingerprint density at radius 2 is 1.36 bits per heavy atom. The molecule has 1 aromatic heterocycles. The molecule has 0 aliphatic heterocycles. The third-order valence-corrected chi connectivity index (χ3v) is 9.04. The second kappa shape index (κ2) is 15.5. The molecule has 3 N–H and O–H groups in total. The molecule has 3 amide bonds. The standard InChI is InChI=1S/C41H36N4O4S/c1-26(2)29-15-13-28(14-16-29)25-36(44-39(47)30-9-5-4-6-10-30)40(48)43-33-21-23-34(24-22-33)50-27(3)38(46)42-32-19-17-31(18-20-32)41-45-35-11-7-8-12-37(35)49-41/h4-27H,1-3H3,(H,42,46)(H,43,48)(H,44,47)/b36-25-. The molecule has 0 saturated heterocycles. The van der Waals surface area contributed by atoms with Gasteiger partial charge in [0.2, 0.25) is 11.8 Å². The van der Waals surface area contributed by atoms with Crippen LogP contribution in [-0.4, -0.2) is 28.0 Å². The average molecular weight is 681 g/mol. The van der Waals surface area contributed by atoms with Crippen LogP contribution in [0.5, 0.6) is 0 Å². The maximum atomic E-state index is 13.5. The van der Waals surface area contributed by atoms with Gasteiger partial charge in [-0.15, -0.1) is 11.8 Å². The molecule has 0 fully saturated rings. The van der Waals surface area contributed by atoms with E-state index in [-0.39, 0.29) is 17.5 Å². The van der Waals surface area contributed by atoms with Crippen molar-refractivity contribution < 1.29 is 18.8 Å². The van der Waals surface area contributed by atoms with Crippen molar-refractivity contribution >= 4 is 58.0 Å². The fraction of sp³-hybridized carbons (Fsp3) is 0.122. The number of hydrogen-bond acceptors (Lipinski definition) is 6. The Labute approximate surface area is 295 Å². The second-order valence-corrected chi connectivity index (χ2v) is 13.4. The van der Waals surface area contributed by atoms with E-state index in [2.05, 4.69) is 34.8 Å². The smallest absolute Gasteiger partial charge is 0.272 e. The number of para-hydroxylation sites is 2. The maximum Gasteiger partial charge on any atom is 0.272 e. The molecule has 0 aliphatic carbocycles. The number of carbonyl (C=O) groups is 3. The summed E-state index contributed by atoms with van der Waals surface area (Å²) in [4.78, 5) is 44.9. The molecule has 5 aromatic carbocycles. The van der Waals surface area contributed by atoms with Gasteiger partial charge in [-0.3, -0.25) is 14.4 Å². The number of oxazole rings is 1. The van der Waals surface area contributed by atoms with Crippen molar-refractivity contribution in [3.63, 3.8) is 0 Å². The van der Waals surface area contributed by atoms with Crippen molar-refractivity contribution in [2.24, 2.45) is 0 Å². The molecule has 8 nitrogen and oxygen atoms in total. The molecule has 1 atom stereocenters. The minimum absolute atomic E-state index is 0.113. The number of amides is 3. The van der Waals surface area contributed by atoms with E-state index in [9.17, 15) is 14.4 Å². The lowest BCUT2D eigenvalue weighted by molar-refractivity contribution is -0.115. The van der Waals surface area contributed by atoms with Crippen molar-refractivity contribution in [1.82, 2.24) is 10.3 Å². The zero-order valence-electron chi connectivity index (χ0n) is 27.8. The van der Waals surface area contributed by atoms with Crippen molar-refractivity contribution in [2.75, 3.05) is 10.6 Å². The van der Waals surface area contributed by atoms with Crippen molar-refractivity contribution in [1.29, 1.82) is 0 Å². The van der Waals surface area contributed by atoms with Gasteiger partial charge in [-0.2, -0.15) is 0 Å². The highest BCUT2D eigenvalue weighted by Crippen LogP contribution is 2.28. The van der Waals surface area contributed by atoms with Crippen LogP contribution in [0.3, 0.4) is 0 Å². The van der Waals surface area contributed by atoms with Crippen LogP contribution in [-0.2, 0) is 9.59 Å². The van der Waals surface area contributed by atoms with E-state index in [1.165, 1.54) is 17.3 Å². The first kappa shape index (κ1) is 34.0. The first-order valence-electron chi connectivity index (χ1n) is 16.2. The van der Waals surface area contributed by atoms with Gasteiger partial charge in [-0.05, 0) is 103 Å². The first-order valence-corrected chi connectivity index (χ1v) is 17.1. The van der Waals surface area contributed by atoms with Gasteiger partial charge in [-0.1, -0.05) is 68.4 Å². The van der Waals surface area contributed by atoms with Gasteiger partial charge in [-0.25, -0.2) is 4.98 Å². The Morgan fingerprint density at radius 3 is 2.04 bits per heavy atom. The lowest BCUT2D eigenvalue weighted by atomic mass is 10.0. The van der Waals surface area contributed by atoms with Gasteiger partial charge in [0.15, 0.2) is 5.58 Å². The van der Waals surface area contributed by atoms with Crippen LogP contribution >= 0.6 is 11.8 Å². The zero-order chi connectivity index (χ0) is 35.0. The van der Waals surface area contributed by atoms with E-state index >= 15 is 0 Å². The third-order valence-electron chi connectivity index (χ3n) is 7.93. The highest BCUT2D eigenvalue weighted by atomic mass is 32.2. The van der Waals surface area contributed by atoms with Crippen LogP contribution in [0, 0.1) is 0 Å². The van der Waals surface area contributed by atoms with Crippen LogP contribution in [0.2, 0.25) is 0 Å². The van der Waals surface area contributed by atoms with Crippen molar-refractivity contribution in [3.05, 3.63) is 150 Å². The number of anilines is 2. The largest absolute Gasteiger partial charge is 0.436 e. The Bertz CT molecular complexity index is 2110. The van der Waals surface area contributed by atoms with Crippen LogP contribution in [0.1, 0.15) is 48.2 Å². The quantitative estimate of drug-likeness (QED) is 0.0929. The second-order valence-electron chi connectivity index (χ2n) is 12.0. The van der Waals surface area contributed by atoms with Crippen LogP contribution in [0.4, 0.5) is 11.4 Å². The Balaban J connectivity index is 1.07. The van der Waals surface area contributed by atoms with Gasteiger partial charge in [0.1, 0.15) is 11.2 Å². The number of nitrogens with zero attached hydrogens (tertiary/aromatic N) is 1. The van der Waals surface area contributed by atoms with E-state index in [1.807, 2.05) is 97.9 Å². The molecule has 1 heterocycles. The Morgan fingerprint density at radius 1 is 0.720 bits per heavy atom. The fourth-order valence-corrected chi connectivity index (χ4v) is 5.96. The van der Waals surface area contributed by atoms with E-state index in [0.717, 1.165) is 27.1 Å². The first-order chi connectivity index (χ1) is 24.2. The maximum absolute atomic E-state index is 13.5. The molecular formula is C41H36N4O4S. The molecule has 0 spiro atoms. The summed E-state index contributed by atoms with van der Waals surface area (Å²) >= 11 is 1.40. The molecule has 6 rings (SSSR count). The summed E-state index contributed by atoms with van der Waals surface area (Å²) in [6.45, 7) is 6.07. The number of carbonyl (C=O) groups excluding carboxylic acids is 3. The Kier molecular flexibility index (Phi) is 10.5. The van der Waals surface area contributed by atoms with Gasteiger partial charge in [0.05, 0.1) is 5.25 Å².